The van der Waals surface area contributed by atoms with Crippen molar-refractivity contribution in [3.63, 3.8) is 0 Å². The molecule has 2 rings (SSSR count). The Morgan fingerprint density at radius 1 is 1.20 bits per heavy atom. The highest BCUT2D eigenvalue weighted by molar-refractivity contribution is 5.82. The summed E-state index contributed by atoms with van der Waals surface area (Å²) < 4.78 is 0. The van der Waals surface area contributed by atoms with Crippen molar-refractivity contribution in [2.75, 3.05) is 26.2 Å². The van der Waals surface area contributed by atoms with Gasteiger partial charge in [-0.05, 0) is 52.1 Å². The predicted octanol–water partition coefficient (Wildman–Crippen LogP) is 1.12. The molecule has 114 valence electrons. The Balaban J connectivity index is 1.82. The van der Waals surface area contributed by atoms with Crippen LogP contribution in [0.25, 0.3) is 0 Å². The Morgan fingerprint density at radius 2 is 1.85 bits per heavy atom. The maximum absolute atomic E-state index is 12.2. The maximum Gasteiger partial charge on any atom is 0.326 e. The molecule has 2 atom stereocenters. The van der Waals surface area contributed by atoms with Crippen LogP contribution >= 0.6 is 0 Å². The van der Waals surface area contributed by atoms with E-state index in [0.29, 0.717) is 25.6 Å². The van der Waals surface area contributed by atoms with E-state index in [1.807, 2.05) is 0 Å². The fourth-order valence-corrected chi connectivity index (χ4v) is 3.08. The normalized spacial score (nSPS) is 25.4. The average Bonchev–Trinajstić information content (AvgIpc) is 2.98. The van der Waals surface area contributed by atoms with E-state index >= 15 is 0 Å². The van der Waals surface area contributed by atoms with Crippen LogP contribution in [0.5, 0.6) is 0 Å². The number of nitrogens with zero attached hydrogens (tertiary/aromatic N) is 2. The lowest BCUT2D eigenvalue weighted by Gasteiger charge is -2.33. The third-order valence-electron chi connectivity index (χ3n) is 4.36. The zero-order chi connectivity index (χ0) is 14.5. The van der Waals surface area contributed by atoms with E-state index in [2.05, 4.69) is 17.1 Å². The molecular formula is C14H25N3O3. The van der Waals surface area contributed by atoms with Crippen LogP contribution in [-0.4, -0.2) is 65.2 Å². The molecule has 2 fully saturated rings. The highest BCUT2D eigenvalue weighted by atomic mass is 16.4. The first kappa shape index (κ1) is 15.1. The molecule has 2 aliphatic rings. The molecule has 0 aromatic carbocycles. The van der Waals surface area contributed by atoms with Crippen molar-refractivity contribution in [2.45, 2.75) is 51.1 Å². The van der Waals surface area contributed by atoms with Gasteiger partial charge in [0.1, 0.15) is 6.04 Å². The standard InChI is InChI=1S/C14H25N3O3/c1-11(16-7-4-5-8-16)10-15-14(20)17-9-3-2-6-12(17)13(18)19/h11-12H,2-10H2,1H3,(H,15,20)(H,18,19). The number of carboxylic acids is 1. The minimum Gasteiger partial charge on any atom is -0.480 e. The molecule has 2 heterocycles. The smallest absolute Gasteiger partial charge is 0.326 e. The molecule has 20 heavy (non-hydrogen) atoms. The fraction of sp³-hybridized carbons (Fsp3) is 0.857. The maximum atomic E-state index is 12.2. The number of carbonyl (C=O) groups excluding carboxylic acids is 1. The number of amides is 2. The number of hydrogen-bond donors (Lipinski definition) is 2. The number of aliphatic carboxylic acids is 1. The Kier molecular flexibility index (Phi) is 5.23. The van der Waals surface area contributed by atoms with Gasteiger partial charge in [-0.1, -0.05) is 0 Å². The van der Waals surface area contributed by atoms with Gasteiger partial charge in [0, 0.05) is 19.1 Å². The van der Waals surface area contributed by atoms with Crippen molar-refractivity contribution in [3.8, 4) is 0 Å². The number of hydrogen-bond acceptors (Lipinski definition) is 3. The summed E-state index contributed by atoms with van der Waals surface area (Å²) in [5.74, 6) is -0.896. The first-order chi connectivity index (χ1) is 9.59. The molecule has 0 aliphatic carbocycles. The van der Waals surface area contributed by atoms with Crippen molar-refractivity contribution in [2.24, 2.45) is 0 Å². The van der Waals surface area contributed by atoms with Crippen LogP contribution in [0.4, 0.5) is 4.79 Å². The summed E-state index contributed by atoms with van der Waals surface area (Å²) in [5, 5.41) is 12.1. The number of carbonyl (C=O) groups is 2. The lowest BCUT2D eigenvalue weighted by atomic mass is 10.0. The fourth-order valence-electron chi connectivity index (χ4n) is 3.08. The van der Waals surface area contributed by atoms with Crippen molar-refractivity contribution in [3.05, 3.63) is 0 Å². The lowest BCUT2D eigenvalue weighted by Crippen LogP contribution is -2.53. The predicted molar refractivity (Wildman–Crippen MR) is 75.6 cm³/mol. The summed E-state index contributed by atoms with van der Waals surface area (Å²) >= 11 is 0. The molecule has 0 aromatic heterocycles. The molecule has 2 N–H and O–H groups in total. The molecule has 6 heteroatoms. The topological polar surface area (TPSA) is 72.9 Å². The third-order valence-corrected chi connectivity index (χ3v) is 4.36. The lowest BCUT2D eigenvalue weighted by molar-refractivity contribution is -0.143. The van der Waals surface area contributed by atoms with Crippen LogP contribution in [0.1, 0.15) is 39.0 Å². The monoisotopic (exact) mass is 283 g/mol. The number of piperidine rings is 1. The van der Waals surface area contributed by atoms with Crippen LogP contribution in [0.3, 0.4) is 0 Å². The number of carboxylic acid groups (broad SMARTS) is 1. The highest BCUT2D eigenvalue weighted by Gasteiger charge is 2.32. The van der Waals surface area contributed by atoms with E-state index in [1.54, 1.807) is 0 Å². The van der Waals surface area contributed by atoms with Gasteiger partial charge in [0.15, 0.2) is 0 Å². The first-order valence-electron chi connectivity index (χ1n) is 7.61. The van der Waals surface area contributed by atoms with Crippen LogP contribution in [0.2, 0.25) is 0 Å². The average molecular weight is 283 g/mol. The molecule has 0 spiro atoms. The molecule has 0 radical (unpaired) electrons. The highest BCUT2D eigenvalue weighted by Crippen LogP contribution is 2.17. The number of nitrogens with one attached hydrogen (secondary N) is 1. The summed E-state index contributed by atoms with van der Waals surface area (Å²) in [5.41, 5.74) is 0. The summed E-state index contributed by atoms with van der Waals surface area (Å²) in [7, 11) is 0. The van der Waals surface area contributed by atoms with E-state index in [0.717, 1.165) is 25.9 Å². The summed E-state index contributed by atoms with van der Waals surface area (Å²) in [6.45, 7) is 5.43. The number of urea groups is 1. The van der Waals surface area contributed by atoms with Gasteiger partial charge in [-0.3, -0.25) is 4.90 Å². The van der Waals surface area contributed by atoms with Gasteiger partial charge >= 0.3 is 12.0 Å². The molecule has 0 aromatic rings. The van der Waals surface area contributed by atoms with Gasteiger partial charge in [0.25, 0.3) is 0 Å². The van der Waals surface area contributed by atoms with Crippen LogP contribution in [0, 0.1) is 0 Å². The SMILES string of the molecule is CC(CNC(=O)N1CCCCC1C(=O)O)N1CCCC1. The van der Waals surface area contributed by atoms with Gasteiger partial charge in [0.2, 0.25) is 0 Å². The molecule has 0 saturated carbocycles. The van der Waals surface area contributed by atoms with Crippen LogP contribution in [0.15, 0.2) is 0 Å². The summed E-state index contributed by atoms with van der Waals surface area (Å²) in [4.78, 5) is 27.2. The summed E-state index contributed by atoms with van der Waals surface area (Å²) in [6.07, 6.45) is 4.78. The van der Waals surface area contributed by atoms with Crippen molar-refractivity contribution < 1.29 is 14.7 Å². The number of likely N-dealkylation sites (tertiary alicyclic amines) is 2. The Labute approximate surface area is 120 Å². The van der Waals surface area contributed by atoms with Crippen LogP contribution < -0.4 is 5.32 Å². The van der Waals surface area contributed by atoms with Gasteiger partial charge in [0.05, 0.1) is 0 Å². The molecule has 6 nitrogen and oxygen atoms in total. The molecule has 2 unspecified atom stereocenters. The van der Waals surface area contributed by atoms with E-state index in [9.17, 15) is 14.7 Å². The number of rotatable bonds is 4. The third kappa shape index (κ3) is 3.62. The Hall–Kier alpha value is -1.30. The van der Waals surface area contributed by atoms with Gasteiger partial charge in [-0.2, -0.15) is 0 Å². The van der Waals surface area contributed by atoms with E-state index in [4.69, 9.17) is 0 Å². The molecule has 0 bridgehead atoms. The quantitative estimate of drug-likeness (QED) is 0.811. The summed E-state index contributed by atoms with van der Waals surface area (Å²) in [6, 6.07) is -0.580. The van der Waals surface area contributed by atoms with Crippen LogP contribution in [-0.2, 0) is 4.79 Å². The second-order valence-electron chi connectivity index (χ2n) is 5.82. The molecule has 2 aliphatic heterocycles. The van der Waals surface area contributed by atoms with E-state index in [-0.39, 0.29) is 6.03 Å². The Morgan fingerprint density at radius 3 is 2.50 bits per heavy atom. The van der Waals surface area contributed by atoms with Crippen molar-refractivity contribution in [1.29, 1.82) is 0 Å². The van der Waals surface area contributed by atoms with Gasteiger partial charge in [-0.25, -0.2) is 9.59 Å². The van der Waals surface area contributed by atoms with Crippen molar-refractivity contribution >= 4 is 12.0 Å². The second kappa shape index (κ2) is 6.92. The Bertz CT molecular complexity index is 356. The molecule has 2 amide bonds. The van der Waals surface area contributed by atoms with Gasteiger partial charge in [-0.15, -0.1) is 0 Å². The second-order valence-corrected chi connectivity index (χ2v) is 5.82. The molecule has 2 saturated heterocycles. The largest absolute Gasteiger partial charge is 0.480 e. The zero-order valence-corrected chi connectivity index (χ0v) is 12.2. The van der Waals surface area contributed by atoms with Crippen molar-refractivity contribution in [1.82, 2.24) is 15.1 Å². The molecular weight excluding hydrogens is 258 g/mol. The van der Waals surface area contributed by atoms with E-state index in [1.165, 1.54) is 17.7 Å². The minimum absolute atomic E-state index is 0.233. The van der Waals surface area contributed by atoms with E-state index < -0.39 is 12.0 Å². The minimum atomic E-state index is -0.896. The van der Waals surface area contributed by atoms with Gasteiger partial charge < -0.3 is 15.3 Å². The zero-order valence-electron chi connectivity index (χ0n) is 12.2. The first-order valence-corrected chi connectivity index (χ1v) is 7.61.